The van der Waals surface area contributed by atoms with Gasteiger partial charge >= 0.3 is 6.03 Å². The number of amides is 2. The van der Waals surface area contributed by atoms with Crippen LogP contribution in [0.3, 0.4) is 0 Å². The van der Waals surface area contributed by atoms with Gasteiger partial charge in [-0.05, 0) is 0 Å². The van der Waals surface area contributed by atoms with E-state index >= 15 is 0 Å². The van der Waals surface area contributed by atoms with Crippen molar-refractivity contribution in [1.29, 1.82) is 0 Å². The molecule has 1 aliphatic rings. The van der Waals surface area contributed by atoms with E-state index in [1.54, 1.807) is 0 Å². The topological polar surface area (TPSA) is 92.3 Å². The van der Waals surface area contributed by atoms with Crippen molar-refractivity contribution in [3.05, 3.63) is 0 Å². The standard InChI is InChI=1S/C6H8N4O3S2/c1-15(12,13)6-9-8-5(14-6)10-3-2-7-4(10)11/h2-3H2,1H3,(H,7,11). The van der Waals surface area contributed by atoms with Crippen molar-refractivity contribution in [2.45, 2.75) is 4.34 Å². The quantitative estimate of drug-likeness (QED) is 0.710. The van der Waals surface area contributed by atoms with E-state index < -0.39 is 9.84 Å². The first-order valence-corrected chi connectivity index (χ1v) is 6.78. The van der Waals surface area contributed by atoms with Gasteiger partial charge in [-0.15, -0.1) is 10.2 Å². The summed E-state index contributed by atoms with van der Waals surface area (Å²) in [6.07, 6.45) is 1.06. The molecule has 0 aromatic carbocycles. The molecule has 9 heteroatoms. The number of sulfone groups is 1. The molecule has 0 saturated carbocycles. The lowest BCUT2D eigenvalue weighted by molar-refractivity contribution is 0.252. The second-order valence-electron chi connectivity index (χ2n) is 3.01. The molecule has 0 radical (unpaired) electrons. The molecule has 0 bridgehead atoms. The normalized spacial score (nSPS) is 16.9. The molecule has 82 valence electrons. The van der Waals surface area contributed by atoms with Crippen molar-refractivity contribution in [3.63, 3.8) is 0 Å². The predicted molar refractivity (Wildman–Crippen MR) is 53.8 cm³/mol. The van der Waals surface area contributed by atoms with Crippen molar-refractivity contribution in [3.8, 4) is 0 Å². The molecule has 15 heavy (non-hydrogen) atoms. The van der Waals surface area contributed by atoms with Crippen LogP contribution in [0.5, 0.6) is 0 Å². The average molecular weight is 248 g/mol. The molecule has 1 aliphatic heterocycles. The molecule has 1 saturated heterocycles. The summed E-state index contributed by atoms with van der Waals surface area (Å²) in [5.74, 6) is 0. The maximum absolute atomic E-state index is 11.2. The van der Waals surface area contributed by atoms with E-state index in [-0.39, 0.29) is 10.4 Å². The Morgan fingerprint density at radius 3 is 2.67 bits per heavy atom. The van der Waals surface area contributed by atoms with Crippen molar-refractivity contribution >= 4 is 32.3 Å². The van der Waals surface area contributed by atoms with Gasteiger partial charge < -0.3 is 5.32 Å². The number of anilines is 1. The number of nitrogens with zero attached hydrogens (tertiary/aromatic N) is 3. The SMILES string of the molecule is CS(=O)(=O)c1nnc(N2CCNC2=O)s1. The second-order valence-corrected chi connectivity index (χ2v) is 6.15. The Kier molecular flexibility index (Phi) is 2.35. The van der Waals surface area contributed by atoms with Crippen LogP contribution in [-0.4, -0.2) is 44.0 Å². The van der Waals surface area contributed by atoms with Gasteiger partial charge in [0, 0.05) is 19.3 Å². The summed E-state index contributed by atoms with van der Waals surface area (Å²) in [4.78, 5) is 12.6. The highest BCUT2D eigenvalue weighted by atomic mass is 32.2. The highest BCUT2D eigenvalue weighted by molar-refractivity contribution is 7.92. The number of aromatic nitrogens is 2. The average Bonchev–Trinajstić information content (AvgIpc) is 2.69. The lowest BCUT2D eigenvalue weighted by Gasteiger charge is -2.07. The zero-order chi connectivity index (χ0) is 11.1. The van der Waals surface area contributed by atoms with Crippen LogP contribution in [-0.2, 0) is 9.84 Å². The van der Waals surface area contributed by atoms with Crippen molar-refractivity contribution in [1.82, 2.24) is 15.5 Å². The molecule has 1 N–H and O–H groups in total. The summed E-state index contributed by atoms with van der Waals surface area (Å²) in [7, 11) is -3.34. The van der Waals surface area contributed by atoms with Gasteiger partial charge in [0.15, 0.2) is 0 Å². The van der Waals surface area contributed by atoms with E-state index in [2.05, 4.69) is 15.5 Å². The molecular formula is C6H8N4O3S2. The number of hydrogen-bond acceptors (Lipinski definition) is 6. The Balaban J connectivity index is 2.32. The van der Waals surface area contributed by atoms with Gasteiger partial charge in [-0.2, -0.15) is 0 Å². The summed E-state index contributed by atoms with van der Waals surface area (Å²) in [5.41, 5.74) is 0. The number of carbonyl (C=O) groups is 1. The second kappa shape index (κ2) is 3.42. The van der Waals surface area contributed by atoms with E-state index in [1.807, 2.05) is 0 Å². The number of carbonyl (C=O) groups excluding carboxylic acids is 1. The van der Waals surface area contributed by atoms with Gasteiger partial charge in [0.2, 0.25) is 19.3 Å². The highest BCUT2D eigenvalue weighted by Crippen LogP contribution is 2.24. The number of nitrogens with one attached hydrogen (secondary N) is 1. The van der Waals surface area contributed by atoms with Crippen LogP contribution in [0.15, 0.2) is 4.34 Å². The van der Waals surface area contributed by atoms with Gasteiger partial charge in [0.25, 0.3) is 0 Å². The fraction of sp³-hybridized carbons (Fsp3) is 0.500. The molecule has 0 unspecified atom stereocenters. The Labute approximate surface area is 90.0 Å². The molecule has 1 fully saturated rings. The maximum atomic E-state index is 11.2. The van der Waals surface area contributed by atoms with Crippen LogP contribution in [0.4, 0.5) is 9.93 Å². The number of rotatable bonds is 2. The van der Waals surface area contributed by atoms with Gasteiger partial charge in [-0.3, -0.25) is 4.90 Å². The van der Waals surface area contributed by atoms with Gasteiger partial charge in [-0.1, -0.05) is 11.3 Å². The smallest absolute Gasteiger partial charge is 0.323 e. The van der Waals surface area contributed by atoms with Crippen LogP contribution in [0, 0.1) is 0 Å². The fourth-order valence-corrected chi connectivity index (χ4v) is 2.74. The molecule has 0 spiro atoms. The zero-order valence-electron chi connectivity index (χ0n) is 7.80. The van der Waals surface area contributed by atoms with Crippen molar-refractivity contribution in [2.75, 3.05) is 24.2 Å². The van der Waals surface area contributed by atoms with Crippen LogP contribution in [0.25, 0.3) is 0 Å². The monoisotopic (exact) mass is 248 g/mol. The third-order valence-corrected chi connectivity index (χ3v) is 4.42. The molecule has 2 heterocycles. The highest BCUT2D eigenvalue weighted by Gasteiger charge is 2.26. The summed E-state index contributed by atoms with van der Waals surface area (Å²) in [5, 5.41) is 10.1. The van der Waals surface area contributed by atoms with Crippen LogP contribution < -0.4 is 10.2 Å². The minimum atomic E-state index is -3.34. The lowest BCUT2D eigenvalue weighted by atomic mass is 10.6. The summed E-state index contributed by atoms with van der Waals surface area (Å²) in [6, 6.07) is -0.272. The van der Waals surface area contributed by atoms with E-state index in [0.717, 1.165) is 17.6 Å². The van der Waals surface area contributed by atoms with E-state index in [0.29, 0.717) is 18.2 Å². The molecule has 2 amide bonds. The Bertz CT molecular complexity index is 494. The minimum absolute atomic E-state index is 0.0720. The molecule has 1 aromatic heterocycles. The summed E-state index contributed by atoms with van der Waals surface area (Å²) in [6.45, 7) is 1.02. The zero-order valence-corrected chi connectivity index (χ0v) is 9.43. The first-order chi connectivity index (χ1) is 6.98. The lowest BCUT2D eigenvalue weighted by Crippen LogP contribution is -2.27. The molecule has 1 aromatic rings. The third kappa shape index (κ3) is 1.92. The molecule has 7 nitrogen and oxygen atoms in total. The van der Waals surface area contributed by atoms with Crippen LogP contribution >= 0.6 is 11.3 Å². The fourth-order valence-electron chi connectivity index (χ4n) is 1.12. The molecular weight excluding hydrogens is 240 g/mol. The number of urea groups is 1. The Morgan fingerprint density at radius 2 is 2.20 bits per heavy atom. The molecule has 0 aliphatic carbocycles. The molecule has 0 atom stereocenters. The van der Waals surface area contributed by atoms with Gasteiger partial charge in [0.05, 0.1) is 0 Å². The van der Waals surface area contributed by atoms with E-state index in [1.165, 1.54) is 4.90 Å². The first-order valence-electron chi connectivity index (χ1n) is 4.07. The van der Waals surface area contributed by atoms with Gasteiger partial charge in [-0.25, -0.2) is 13.2 Å². The maximum Gasteiger partial charge on any atom is 0.323 e. The summed E-state index contributed by atoms with van der Waals surface area (Å²) >= 11 is 0.896. The van der Waals surface area contributed by atoms with Crippen LogP contribution in [0.2, 0.25) is 0 Å². The van der Waals surface area contributed by atoms with E-state index in [9.17, 15) is 13.2 Å². The number of hydrogen-bond donors (Lipinski definition) is 1. The summed E-state index contributed by atoms with van der Waals surface area (Å²) < 4.78 is 22.2. The van der Waals surface area contributed by atoms with Crippen molar-refractivity contribution < 1.29 is 13.2 Å². The Hall–Kier alpha value is -1.22. The largest absolute Gasteiger partial charge is 0.336 e. The predicted octanol–water partition coefficient (Wildman–Crippen LogP) is -0.529. The van der Waals surface area contributed by atoms with E-state index in [4.69, 9.17) is 0 Å². The first kappa shape index (κ1) is 10.3. The van der Waals surface area contributed by atoms with Crippen LogP contribution in [0.1, 0.15) is 0 Å². The Morgan fingerprint density at radius 1 is 1.47 bits per heavy atom. The third-order valence-electron chi connectivity index (χ3n) is 1.80. The minimum Gasteiger partial charge on any atom is -0.336 e. The van der Waals surface area contributed by atoms with Crippen molar-refractivity contribution in [2.24, 2.45) is 0 Å². The van der Waals surface area contributed by atoms with Gasteiger partial charge in [0.1, 0.15) is 0 Å². The molecule has 2 rings (SSSR count).